The average molecular weight is 275 g/mol. The predicted octanol–water partition coefficient (Wildman–Crippen LogP) is 2.23. The van der Waals surface area contributed by atoms with Gasteiger partial charge >= 0.3 is 5.97 Å². The Kier molecular flexibility index (Phi) is 4.12. The number of amides is 1. The summed E-state index contributed by atoms with van der Waals surface area (Å²) in [5.41, 5.74) is 0.550. The van der Waals surface area contributed by atoms with Crippen molar-refractivity contribution in [2.45, 2.75) is 26.8 Å². The topological polar surface area (TPSA) is 46.6 Å². The van der Waals surface area contributed by atoms with Gasteiger partial charge in [-0.25, -0.2) is 0 Å². The Labute approximate surface area is 119 Å². The first-order valence-corrected chi connectivity index (χ1v) is 6.85. The number of nitrogens with zero attached hydrogens (tertiary/aromatic N) is 1. The summed E-state index contributed by atoms with van der Waals surface area (Å²) in [5, 5.41) is 0. The van der Waals surface area contributed by atoms with Crippen LogP contribution in [0, 0.1) is 11.3 Å². The van der Waals surface area contributed by atoms with Crippen molar-refractivity contribution in [3.63, 3.8) is 0 Å². The van der Waals surface area contributed by atoms with Gasteiger partial charge in [0.25, 0.3) is 0 Å². The Morgan fingerprint density at radius 1 is 1.35 bits per heavy atom. The third-order valence-electron chi connectivity index (χ3n) is 3.81. The molecule has 1 saturated heterocycles. The quantitative estimate of drug-likeness (QED) is 0.795. The molecule has 2 rings (SSSR count). The molecule has 4 nitrogen and oxygen atoms in total. The van der Waals surface area contributed by atoms with Crippen molar-refractivity contribution in [2.24, 2.45) is 11.3 Å². The summed E-state index contributed by atoms with van der Waals surface area (Å²) in [5.74, 6) is -0.374. The molecule has 0 aromatic heterocycles. The van der Waals surface area contributed by atoms with Gasteiger partial charge in [0.2, 0.25) is 5.91 Å². The van der Waals surface area contributed by atoms with E-state index in [1.54, 1.807) is 4.90 Å². The fraction of sp³-hybridized carbons (Fsp3) is 0.500. The van der Waals surface area contributed by atoms with Gasteiger partial charge in [-0.1, -0.05) is 44.2 Å². The Balaban J connectivity index is 2.17. The van der Waals surface area contributed by atoms with Crippen LogP contribution in [0.3, 0.4) is 0 Å². The van der Waals surface area contributed by atoms with E-state index in [1.807, 2.05) is 44.2 Å². The minimum Gasteiger partial charge on any atom is -0.469 e. The first kappa shape index (κ1) is 14.6. The number of piperidine rings is 1. The molecular weight excluding hydrogens is 254 g/mol. The number of carbonyl (C=O) groups excluding carboxylic acids is 2. The Morgan fingerprint density at radius 3 is 2.60 bits per heavy atom. The Morgan fingerprint density at radius 2 is 2.00 bits per heavy atom. The normalized spacial score (nSPS) is 21.6. The van der Waals surface area contributed by atoms with E-state index in [0.29, 0.717) is 19.5 Å². The molecule has 108 valence electrons. The molecule has 0 bridgehead atoms. The number of ether oxygens (including phenoxy) is 1. The molecule has 0 radical (unpaired) electrons. The standard InChI is InChI=1S/C16H21NO3/c1-16(2)9-13(14(18)20-3)11-17(15(16)19)10-12-7-5-4-6-8-12/h4-8,13H,9-11H2,1-3H3. The molecule has 0 spiro atoms. The molecule has 0 aliphatic carbocycles. The fourth-order valence-electron chi connectivity index (χ4n) is 2.81. The molecule has 1 fully saturated rings. The van der Waals surface area contributed by atoms with Crippen molar-refractivity contribution in [3.05, 3.63) is 35.9 Å². The van der Waals surface area contributed by atoms with Crippen LogP contribution in [-0.4, -0.2) is 30.4 Å². The lowest BCUT2D eigenvalue weighted by atomic mass is 9.77. The van der Waals surface area contributed by atoms with Gasteiger partial charge in [-0.3, -0.25) is 9.59 Å². The van der Waals surface area contributed by atoms with E-state index in [0.717, 1.165) is 5.56 Å². The minimum atomic E-state index is -0.522. The van der Waals surface area contributed by atoms with Gasteiger partial charge in [0.15, 0.2) is 0 Å². The van der Waals surface area contributed by atoms with E-state index in [-0.39, 0.29) is 17.8 Å². The third-order valence-corrected chi connectivity index (χ3v) is 3.81. The smallest absolute Gasteiger partial charge is 0.310 e. The SMILES string of the molecule is COC(=O)C1CN(Cc2ccccc2)C(=O)C(C)(C)C1. The monoisotopic (exact) mass is 275 g/mol. The van der Waals surface area contributed by atoms with Crippen LogP contribution in [0.25, 0.3) is 0 Å². The summed E-state index contributed by atoms with van der Waals surface area (Å²) in [7, 11) is 1.40. The second kappa shape index (κ2) is 5.65. The summed E-state index contributed by atoms with van der Waals surface area (Å²) in [4.78, 5) is 26.0. The maximum Gasteiger partial charge on any atom is 0.310 e. The molecule has 1 atom stereocenters. The molecule has 1 aromatic carbocycles. The zero-order valence-corrected chi connectivity index (χ0v) is 12.3. The largest absolute Gasteiger partial charge is 0.469 e. The molecule has 1 heterocycles. The van der Waals surface area contributed by atoms with Gasteiger partial charge in [0.05, 0.1) is 13.0 Å². The van der Waals surface area contributed by atoms with Gasteiger partial charge in [0.1, 0.15) is 0 Å². The van der Waals surface area contributed by atoms with E-state index < -0.39 is 5.41 Å². The van der Waals surface area contributed by atoms with Crippen LogP contribution in [0.15, 0.2) is 30.3 Å². The number of benzene rings is 1. The molecule has 1 amide bonds. The molecule has 1 aliphatic rings. The van der Waals surface area contributed by atoms with Crippen molar-refractivity contribution < 1.29 is 14.3 Å². The Bertz CT molecular complexity index is 496. The van der Waals surface area contributed by atoms with Crippen LogP contribution >= 0.6 is 0 Å². The van der Waals surface area contributed by atoms with Crippen LogP contribution in [0.1, 0.15) is 25.8 Å². The second-order valence-electron chi connectivity index (χ2n) is 5.98. The minimum absolute atomic E-state index is 0.0986. The van der Waals surface area contributed by atoms with Crippen molar-refractivity contribution in [1.29, 1.82) is 0 Å². The van der Waals surface area contributed by atoms with Gasteiger partial charge in [-0.05, 0) is 12.0 Å². The lowest BCUT2D eigenvalue weighted by molar-refractivity contribution is -0.157. The molecule has 1 aromatic rings. The predicted molar refractivity (Wildman–Crippen MR) is 75.8 cm³/mol. The molecule has 0 N–H and O–H groups in total. The zero-order chi connectivity index (χ0) is 14.8. The average Bonchev–Trinajstić information content (AvgIpc) is 2.43. The molecule has 4 heteroatoms. The molecule has 0 saturated carbocycles. The Hall–Kier alpha value is -1.84. The highest BCUT2D eigenvalue weighted by Gasteiger charge is 2.43. The molecule has 1 unspecified atom stereocenters. The fourth-order valence-corrected chi connectivity index (χ4v) is 2.81. The number of hydrogen-bond donors (Lipinski definition) is 0. The first-order valence-electron chi connectivity index (χ1n) is 6.85. The van der Waals surface area contributed by atoms with E-state index in [9.17, 15) is 9.59 Å². The maximum absolute atomic E-state index is 12.5. The number of rotatable bonds is 3. The highest BCUT2D eigenvalue weighted by Crippen LogP contribution is 2.34. The number of carbonyl (C=O) groups is 2. The number of methoxy groups -OCH3 is 1. The van der Waals surface area contributed by atoms with Crippen LogP contribution in [0.4, 0.5) is 0 Å². The summed E-state index contributed by atoms with van der Waals surface area (Å²) in [6.07, 6.45) is 0.545. The number of likely N-dealkylation sites (tertiary alicyclic amines) is 1. The van der Waals surface area contributed by atoms with Crippen molar-refractivity contribution in [3.8, 4) is 0 Å². The van der Waals surface area contributed by atoms with Gasteiger partial charge in [-0.2, -0.15) is 0 Å². The third kappa shape index (κ3) is 3.00. The van der Waals surface area contributed by atoms with E-state index in [4.69, 9.17) is 4.74 Å². The molecule has 20 heavy (non-hydrogen) atoms. The van der Waals surface area contributed by atoms with Gasteiger partial charge in [0, 0.05) is 18.5 Å². The van der Waals surface area contributed by atoms with E-state index >= 15 is 0 Å². The molecule has 1 aliphatic heterocycles. The lowest BCUT2D eigenvalue weighted by Gasteiger charge is -2.40. The van der Waals surface area contributed by atoms with Crippen LogP contribution in [0.5, 0.6) is 0 Å². The summed E-state index contributed by atoms with van der Waals surface area (Å²) < 4.78 is 4.84. The van der Waals surface area contributed by atoms with Crippen molar-refractivity contribution in [2.75, 3.05) is 13.7 Å². The van der Waals surface area contributed by atoms with E-state index in [1.165, 1.54) is 7.11 Å². The van der Waals surface area contributed by atoms with E-state index in [2.05, 4.69) is 0 Å². The summed E-state index contributed by atoms with van der Waals surface area (Å²) >= 11 is 0. The molecular formula is C16H21NO3. The van der Waals surface area contributed by atoms with Crippen LogP contribution in [0.2, 0.25) is 0 Å². The highest BCUT2D eigenvalue weighted by molar-refractivity contribution is 5.85. The second-order valence-corrected chi connectivity index (χ2v) is 5.98. The highest BCUT2D eigenvalue weighted by atomic mass is 16.5. The van der Waals surface area contributed by atoms with Crippen molar-refractivity contribution in [1.82, 2.24) is 4.90 Å². The van der Waals surface area contributed by atoms with Gasteiger partial charge < -0.3 is 9.64 Å². The van der Waals surface area contributed by atoms with Crippen molar-refractivity contribution >= 4 is 11.9 Å². The van der Waals surface area contributed by atoms with Crippen LogP contribution < -0.4 is 0 Å². The number of hydrogen-bond acceptors (Lipinski definition) is 3. The summed E-state index contributed by atoms with van der Waals surface area (Å²) in [6, 6.07) is 9.83. The lowest BCUT2D eigenvalue weighted by Crippen LogP contribution is -2.51. The zero-order valence-electron chi connectivity index (χ0n) is 12.3. The van der Waals surface area contributed by atoms with Gasteiger partial charge in [-0.15, -0.1) is 0 Å². The van der Waals surface area contributed by atoms with Crippen LogP contribution in [-0.2, 0) is 20.9 Å². The summed E-state index contributed by atoms with van der Waals surface area (Å²) in [6.45, 7) is 4.76. The first-order chi connectivity index (χ1) is 9.44. The maximum atomic E-state index is 12.5. The number of esters is 1.